The molecule has 0 radical (unpaired) electrons. The van der Waals surface area contributed by atoms with E-state index < -0.39 is 0 Å². The van der Waals surface area contributed by atoms with Crippen molar-refractivity contribution < 1.29 is 4.79 Å². The normalized spacial score (nSPS) is 11.6. The van der Waals surface area contributed by atoms with Gasteiger partial charge in [0, 0.05) is 6.42 Å². The van der Waals surface area contributed by atoms with Gasteiger partial charge in [-0.1, -0.05) is 173 Å². The largest absolute Gasteiger partial charge is 0.300 e. The van der Waals surface area contributed by atoms with E-state index in [0.29, 0.717) is 5.78 Å². The van der Waals surface area contributed by atoms with E-state index in [-0.39, 0.29) is 0 Å². The highest BCUT2D eigenvalue weighted by molar-refractivity contribution is 5.75. The zero-order chi connectivity index (χ0) is 26.2. The van der Waals surface area contributed by atoms with E-state index in [1.165, 1.54) is 180 Å². The summed E-state index contributed by atoms with van der Waals surface area (Å²) in [7, 11) is 0. The van der Waals surface area contributed by atoms with Crippen LogP contribution < -0.4 is 0 Å². The summed E-state index contributed by atoms with van der Waals surface area (Å²) in [6.45, 7) is 4.00. The number of ketones is 1. The Morgan fingerprint density at radius 1 is 0.389 bits per heavy atom. The first kappa shape index (κ1) is 35.4. The van der Waals surface area contributed by atoms with Gasteiger partial charge >= 0.3 is 0 Å². The van der Waals surface area contributed by atoms with Crippen molar-refractivity contribution in [2.45, 2.75) is 206 Å². The number of unbranched alkanes of at least 4 members (excludes halogenated alkanes) is 27. The summed E-state index contributed by atoms with van der Waals surface area (Å²) in [6.07, 6.45) is 46.4. The molecular formula is C35H68O. The number of hydrogen-bond donors (Lipinski definition) is 0. The summed E-state index contributed by atoms with van der Waals surface area (Å²) in [4.78, 5) is 10.9. The van der Waals surface area contributed by atoms with E-state index in [1.54, 1.807) is 6.92 Å². The predicted octanol–water partition coefficient (Wildman–Crippen LogP) is 12.9. The molecule has 0 aliphatic rings. The second-order valence-electron chi connectivity index (χ2n) is 11.7. The summed E-state index contributed by atoms with van der Waals surface area (Å²) in [5, 5.41) is 0. The molecular weight excluding hydrogens is 436 g/mol. The van der Waals surface area contributed by atoms with Crippen LogP contribution in [0.5, 0.6) is 0 Å². The van der Waals surface area contributed by atoms with Gasteiger partial charge in [-0.2, -0.15) is 0 Å². The van der Waals surface area contributed by atoms with Crippen molar-refractivity contribution >= 4 is 5.78 Å². The summed E-state index contributed by atoms with van der Waals surface area (Å²) in [6, 6.07) is 0. The Bertz CT molecular complexity index is 438. The van der Waals surface area contributed by atoms with Crippen LogP contribution in [0.4, 0.5) is 0 Å². The van der Waals surface area contributed by atoms with E-state index >= 15 is 0 Å². The number of rotatable bonds is 31. The van der Waals surface area contributed by atoms with Crippen LogP contribution in [0, 0.1) is 0 Å². The van der Waals surface area contributed by atoms with Crippen molar-refractivity contribution in [3.05, 3.63) is 12.2 Å². The van der Waals surface area contributed by atoms with Gasteiger partial charge in [0.15, 0.2) is 0 Å². The van der Waals surface area contributed by atoms with Crippen LogP contribution in [0.1, 0.15) is 206 Å². The maximum atomic E-state index is 10.9. The molecule has 0 aromatic heterocycles. The molecule has 214 valence electrons. The van der Waals surface area contributed by atoms with E-state index in [4.69, 9.17) is 0 Å². The molecule has 0 saturated carbocycles. The van der Waals surface area contributed by atoms with Crippen molar-refractivity contribution in [3.63, 3.8) is 0 Å². The Balaban J connectivity index is 3.06. The van der Waals surface area contributed by atoms with Gasteiger partial charge in [0.1, 0.15) is 5.78 Å². The van der Waals surface area contributed by atoms with Gasteiger partial charge < -0.3 is 4.79 Å². The fourth-order valence-electron chi connectivity index (χ4n) is 5.27. The third-order valence-corrected chi connectivity index (χ3v) is 7.79. The van der Waals surface area contributed by atoms with Crippen molar-refractivity contribution in [1.82, 2.24) is 0 Å². The maximum absolute atomic E-state index is 10.9. The molecule has 0 rings (SSSR count). The molecule has 0 aliphatic carbocycles. The first-order chi connectivity index (χ1) is 17.8. The van der Waals surface area contributed by atoms with E-state index in [9.17, 15) is 4.79 Å². The molecule has 36 heavy (non-hydrogen) atoms. The fraction of sp³-hybridized carbons (Fsp3) is 0.914. The van der Waals surface area contributed by atoms with Crippen LogP contribution in [0.2, 0.25) is 0 Å². The Labute approximate surface area is 229 Å². The number of Topliss-reactive ketones (excluding diaryl/α,β-unsaturated/α-hetero) is 1. The highest BCUT2D eigenvalue weighted by Crippen LogP contribution is 2.15. The van der Waals surface area contributed by atoms with Gasteiger partial charge in [-0.3, -0.25) is 0 Å². The second kappa shape index (κ2) is 32.4. The number of hydrogen-bond acceptors (Lipinski definition) is 1. The molecule has 1 heteroatoms. The van der Waals surface area contributed by atoms with E-state index in [0.717, 1.165) is 12.8 Å². The van der Waals surface area contributed by atoms with E-state index in [2.05, 4.69) is 19.1 Å². The van der Waals surface area contributed by atoms with Gasteiger partial charge in [0.2, 0.25) is 0 Å². The molecule has 0 spiro atoms. The smallest absolute Gasteiger partial charge is 0.129 e. The number of carbonyl (C=O) groups is 1. The quantitative estimate of drug-likeness (QED) is 0.0677. The standard InChI is InChI=1S/C35H68O/c1-3-4-5-6-7-8-9-10-11-12-13-14-15-16-17-18-19-20-21-22-23-24-25-26-27-28-29-30-31-32-33-34-35(2)36/h10-11H,3-9,12-34H2,1-2H3/b11-10+. The third-order valence-electron chi connectivity index (χ3n) is 7.79. The van der Waals surface area contributed by atoms with Crippen LogP contribution in [0.25, 0.3) is 0 Å². The van der Waals surface area contributed by atoms with Gasteiger partial charge in [-0.05, 0) is 39.0 Å². The van der Waals surface area contributed by atoms with Gasteiger partial charge in [-0.15, -0.1) is 0 Å². The lowest BCUT2D eigenvalue weighted by Gasteiger charge is -2.04. The highest BCUT2D eigenvalue weighted by atomic mass is 16.1. The topological polar surface area (TPSA) is 17.1 Å². The van der Waals surface area contributed by atoms with Crippen molar-refractivity contribution in [2.75, 3.05) is 0 Å². The lowest BCUT2D eigenvalue weighted by atomic mass is 10.0. The van der Waals surface area contributed by atoms with E-state index in [1.807, 2.05) is 0 Å². The van der Waals surface area contributed by atoms with Crippen LogP contribution in [-0.4, -0.2) is 5.78 Å². The molecule has 0 aromatic rings. The summed E-state index contributed by atoms with van der Waals surface area (Å²) >= 11 is 0. The van der Waals surface area contributed by atoms with Crippen molar-refractivity contribution in [2.24, 2.45) is 0 Å². The molecule has 0 heterocycles. The molecule has 0 aliphatic heterocycles. The number of carbonyl (C=O) groups excluding carboxylic acids is 1. The molecule has 1 nitrogen and oxygen atoms in total. The van der Waals surface area contributed by atoms with Crippen LogP contribution in [-0.2, 0) is 4.79 Å². The maximum Gasteiger partial charge on any atom is 0.129 e. The zero-order valence-electron chi connectivity index (χ0n) is 25.3. The molecule has 0 amide bonds. The monoisotopic (exact) mass is 505 g/mol. The third kappa shape index (κ3) is 33.4. The Hall–Kier alpha value is -0.590. The van der Waals surface area contributed by atoms with Gasteiger partial charge in [0.25, 0.3) is 0 Å². The molecule has 0 atom stereocenters. The average molecular weight is 505 g/mol. The molecule has 0 saturated heterocycles. The van der Waals surface area contributed by atoms with Crippen LogP contribution in [0.3, 0.4) is 0 Å². The van der Waals surface area contributed by atoms with Crippen LogP contribution in [0.15, 0.2) is 12.2 Å². The lowest BCUT2D eigenvalue weighted by molar-refractivity contribution is -0.117. The SMILES string of the molecule is CCCCCCCC/C=C/CCCCCCCCCCCCCCCCCCCCCCCC(C)=O. The minimum atomic E-state index is 0.351. The first-order valence-corrected chi connectivity index (χ1v) is 16.9. The average Bonchev–Trinajstić information content (AvgIpc) is 2.87. The van der Waals surface area contributed by atoms with Gasteiger partial charge in [-0.25, -0.2) is 0 Å². The number of allylic oxidation sites excluding steroid dienone is 2. The molecule has 0 N–H and O–H groups in total. The fourth-order valence-corrected chi connectivity index (χ4v) is 5.27. The lowest BCUT2D eigenvalue weighted by Crippen LogP contribution is -1.89. The molecule has 0 aromatic carbocycles. The van der Waals surface area contributed by atoms with Crippen molar-refractivity contribution in [3.8, 4) is 0 Å². The minimum absolute atomic E-state index is 0.351. The minimum Gasteiger partial charge on any atom is -0.300 e. The second-order valence-corrected chi connectivity index (χ2v) is 11.7. The summed E-state index contributed by atoms with van der Waals surface area (Å²) in [5.41, 5.74) is 0. The van der Waals surface area contributed by atoms with Crippen molar-refractivity contribution in [1.29, 1.82) is 0 Å². The van der Waals surface area contributed by atoms with Crippen LogP contribution >= 0.6 is 0 Å². The predicted molar refractivity (Wildman–Crippen MR) is 164 cm³/mol. The Morgan fingerprint density at radius 3 is 0.917 bits per heavy atom. The summed E-state index contributed by atoms with van der Waals surface area (Å²) < 4.78 is 0. The molecule has 0 unspecified atom stereocenters. The summed E-state index contributed by atoms with van der Waals surface area (Å²) in [5.74, 6) is 0.351. The Morgan fingerprint density at radius 2 is 0.639 bits per heavy atom. The highest BCUT2D eigenvalue weighted by Gasteiger charge is 1.97. The molecule has 0 bridgehead atoms. The van der Waals surface area contributed by atoms with Gasteiger partial charge in [0.05, 0.1) is 0 Å². The first-order valence-electron chi connectivity index (χ1n) is 16.9. The Kier molecular flexibility index (Phi) is 31.9. The zero-order valence-corrected chi connectivity index (χ0v) is 25.3. The molecule has 0 fully saturated rings.